The van der Waals surface area contributed by atoms with E-state index < -0.39 is 4.92 Å². The third-order valence-electron chi connectivity index (χ3n) is 3.37. The second-order valence-electron chi connectivity index (χ2n) is 4.77. The molecule has 7 nitrogen and oxygen atoms in total. The lowest BCUT2D eigenvalue weighted by molar-refractivity contribution is -0.385. The summed E-state index contributed by atoms with van der Waals surface area (Å²) in [6, 6.07) is 4.29. The first kappa shape index (κ1) is 14.3. The van der Waals surface area contributed by atoms with Crippen LogP contribution in [0.4, 0.5) is 5.69 Å². The van der Waals surface area contributed by atoms with Gasteiger partial charge in [-0.15, -0.1) is 0 Å². The van der Waals surface area contributed by atoms with Gasteiger partial charge in [0.05, 0.1) is 17.6 Å². The van der Waals surface area contributed by atoms with Crippen LogP contribution >= 0.6 is 0 Å². The van der Waals surface area contributed by atoms with E-state index in [0.29, 0.717) is 13.1 Å². The molecule has 1 fully saturated rings. The fraction of sp³-hybridized carbons (Fsp3) is 0.462. The molecule has 108 valence electrons. The summed E-state index contributed by atoms with van der Waals surface area (Å²) in [5.41, 5.74) is 5.85. The Hall–Kier alpha value is -2.15. The van der Waals surface area contributed by atoms with Crippen molar-refractivity contribution in [1.82, 2.24) is 4.90 Å². The fourth-order valence-electron chi connectivity index (χ4n) is 2.42. The van der Waals surface area contributed by atoms with Gasteiger partial charge in [0.25, 0.3) is 5.91 Å². The van der Waals surface area contributed by atoms with Crippen molar-refractivity contribution in [3.8, 4) is 5.75 Å². The standard InChI is InChI=1S/C13H17N3O4/c1-20-12-10(5-2-6-11(12)16(18)19)13(17)15-7-3-4-9(14)8-15/h2,5-6,9H,3-4,7-8,14H2,1H3/t9-/m1/s1. The zero-order chi connectivity index (χ0) is 14.7. The van der Waals surface area contributed by atoms with Crippen LogP contribution < -0.4 is 10.5 Å². The van der Waals surface area contributed by atoms with Crippen LogP contribution in [0.2, 0.25) is 0 Å². The van der Waals surface area contributed by atoms with E-state index in [2.05, 4.69) is 0 Å². The molecule has 0 aliphatic carbocycles. The number of rotatable bonds is 3. The number of benzene rings is 1. The minimum absolute atomic E-state index is 0.00152. The van der Waals surface area contributed by atoms with E-state index in [9.17, 15) is 14.9 Å². The summed E-state index contributed by atoms with van der Waals surface area (Å²) in [4.78, 5) is 24.5. The predicted octanol–water partition coefficient (Wildman–Crippen LogP) is 1.17. The van der Waals surface area contributed by atoms with Gasteiger partial charge in [-0.3, -0.25) is 14.9 Å². The summed E-state index contributed by atoms with van der Waals surface area (Å²) in [6.45, 7) is 1.07. The molecule has 1 amide bonds. The number of amides is 1. The van der Waals surface area contributed by atoms with Gasteiger partial charge in [-0.1, -0.05) is 6.07 Å². The second kappa shape index (κ2) is 5.87. The number of carbonyl (C=O) groups is 1. The minimum atomic E-state index is -0.558. The van der Waals surface area contributed by atoms with Crippen molar-refractivity contribution in [2.24, 2.45) is 5.73 Å². The average Bonchev–Trinajstić information content (AvgIpc) is 2.45. The molecule has 1 aromatic rings. The molecule has 1 aliphatic heterocycles. The molecule has 0 radical (unpaired) electrons. The molecule has 0 unspecified atom stereocenters. The lowest BCUT2D eigenvalue weighted by Crippen LogP contribution is -2.45. The van der Waals surface area contributed by atoms with Crippen LogP contribution in [0, 0.1) is 10.1 Å². The van der Waals surface area contributed by atoms with Gasteiger partial charge in [0.15, 0.2) is 0 Å². The van der Waals surface area contributed by atoms with E-state index in [4.69, 9.17) is 10.5 Å². The molecule has 7 heteroatoms. The highest BCUT2D eigenvalue weighted by Crippen LogP contribution is 2.31. The number of nitrogens with zero attached hydrogens (tertiary/aromatic N) is 2. The van der Waals surface area contributed by atoms with E-state index in [0.717, 1.165) is 12.8 Å². The second-order valence-corrected chi connectivity index (χ2v) is 4.77. The van der Waals surface area contributed by atoms with Crippen molar-refractivity contribution in [3.05, 3.63) is 33.9 Å². The molecule has 2 rings (SSSR count). The summed E-state index contributed by atoms with van der Waals surface area (Å²) in [6.07, 6.45) is 1.72. The number of methoxy groups -OCH3 is 1. The van der Waals surface area contributed by atoms with Crippen molar-refractivity contribution < 1.29 is 14.5 Å². The topological polar surface area (TPSA) is 98.7 Å². The van der Waals surface area contributed by atoms with Crippen LogP contribution in [0.15, 0.2) is 18.2 Å². The first-order chi connectivity index (χ1) is 9.54. The van der Waals surface area contributed by atoms with Crippen molar-refractivity contribution in [2.45, 2.75) is 18.9 Å². The summed E-state index contributed by atoms with van der Waals surface area (Å²) in [5, 5.41) is 11.0. The van der Waals surface area contributed by atoms with E-state index in [1.54, 1.807) is 4.90 Å². The SMILES string of the molecule is COc1c(C(=O)N2CCC[C@@H](N)C2)cccc1[N+](=O)[O-]. The average molecular weight is 279 g/mol. The van der Waals surface area contributed by atoms with Crippen molar-refractivity contribution in [3.63, 3.8) is 0 Å². The molecular formula is C13H17N3O4. The monoisotopic (exact) mass is 279 g/mol. The summed E-state index contributed by atoms with van der Waals surface area (Å²) >= 11 is 0. The Bertz CT molecular complexity index is 532. The Morgan fingerprint density at radius 1 is 1.55 bits per heavy atom. The van der Waals surface area contributed by atoms with Gasteiger partial charge in [-0.05, 0) is 18.9 Å². The number of nitro groups is 1. The van der Waals surface area contributed by atoms with Crippen molar-refractivity contribution >= 4 is 11.6 Å². The Morgan fingerprint density at radius 2 is 2.30 bits per heavy atom. The molecule has 20 heavy (non-hydrogen) atoms. The van der Waals surface area contributed by atoms with Gasteiger partial charge in [-0.25, -0.2) is 0 Å². The Kier molecular flexibility index (Phi) is 4.19. The zero-order valence-electron chi connectivity index (χ0n) is 11.2. The molecule has 1 aromatic carbocycles. The predicted molar refractivity (Wildman–Crippen MR) is 72.8 cm³/mol. The Balaban J connectivity index is 2.34. The summed E-state index contributed by atoms with van der Waals surface area (Å²) in [5.74, 6) is -0.276. The molecule has 0 spiro atoms. The van der Waals surface area contributed by atoms with Crippen LogP contribution in [-0.2, 0) is 0 Å². The van der Waals surface area contributed by atoms with Gasteiger partial charge in [0.2, 0.25) is 5.75 Å². The molecule has 1 heterocycles. The normalized spacial score (nSPS) is 18.7. The number of ether oxygens (including phenoxy) is 1. The van der Waals surface area contributed by atoms with Crippen LogP contribution in [0.1, 0.15) is 23.2 Å². The first-order valence-electron chi connectivity index (χ1n) is 6.41. The molecule has 1 atom stereocenters. The van der Waals surface area contributed by atoms with E-state index in [-0.39, 0.29) is 28.9 Å². The maximum absolute atomic E-state index is 12.5. The highest BCUT2D eigenvalue weighted by molar-refractivity contribution is 5.98. The molecule has 2 N–H and O–H groups in total. The van der Waals surface area contributed by atoms with Crippen LogP contribution in [0.3, 0.4) is 0 Å². The quantitative estimate of drug-likeness (QED) is 0.661. The summed E-state index contributed by atoms with van der Waals surface area (Å²) in [7, 11) is 1.32. The maximum atomic E-state index is 12.5. The molecular weight excluding hydrogens is 262 g/mol. The van der Waals surface area contributed by atoms with Gasteiger partial charge in [0.1, 0.15) is 0 Å². The number of piperidine rings is 1. The Labute approximate surface area is 116 Å². The smallest absolute Gasteiger partial charge is 0.311 e. The van der Waals surface area contributed by atoms with Gasteiger partial charge in [-0.2, -0.15) is 0 Å². The number of likely N-dealkylation sites (tertiary alicyclic amines) is 1. The largest absolute Gasteiger partial charge is 0.490 e. The number of hydrogen-bond donors (Lipinski definition) is 1. The number of nitro benzene ring substituents is 1. The van der Waals surface area contributed by atoms with E-state index >= 15 is 0 Å². The van der Waals surface area contributed by atoms with E-state index in [1.807, 2.05) is 0 Å². The lowest BCUT2D eigenvalue weighted by atomic mass is 10.0. The number of hydrogen-bond acceptors (Lipinski definition) is 5. The summed E-state index contributed by atoms with van der Waals surface area (Å²) < 4.78 is 5.06. The highest BCUT2D eigenvalue weighted by atomic mass is 16.6. The van der Waals surface area contributed by atoms with Gasteiger partial charge >= 0.3 is 5.69 Å². The van der Waals surface area contributed by atoms with E-state index in [1.165, 1.54) is 25.3 Å². The molecule has 0 bridgehead atoms. The molecule has 0 aromatic heterocycles. The third kappa shape index (κ3) is 2.72. The fourth-order valence-corrected chi connectivity index (χ4v) is 2.42. The number of para-hydroxylation sites is 1. The third-order valence-corrected chi connectivity index (χ3v) is 3.37. The van der Waals surface area contributed by atoms with Crippen LogP contribution in [-0.4, -0.2) is 42.0 Å². The Morgan fingerprint density at radius 3 is 2.90 bits per heavy atom. The van der Waals surface area contributed by atoms with Gasteiger partial charge < -0.3 is 15.4 Å². The lowest BCUT2D eigenvalue weighted by Gasteiger charge is -2.31. The molecule has 1 aliphatic rings. The first-order valence-corrected chi connectivity index (χ1v) is 6.41. The van der Waals surface area contributed by atoms with Crippen LogP contribution in [0.25, 0.3) is 0 Å². The van der Waals surface area contributed by atoms with Gasteiger partial charge in [0, 0.05) is 25.2 Å². The zero-order valence-corrected chi connectivity index (χ0v) is 11.2. The van der Waals surface area contributed by atoms with Crippen molar-refractivity contribution in [2.75, 3.05) is 20.2 Å². The number of nitrogens with two attached hydrogens (primary N) is 1. The van der Waals surface area contributed by atoms with Crippen LogP contribution in [0.5, 0.6) is 5.75 Å². The highest BCUT2D eigenvalue weighted by Gasteiger charge is 2.28. The van der Waals surface area contributed by atoms with Crippen molar-refractivity contribution in [1.29, 1.82) is 0 Å². The molecule has 1 saturated heterocycles. The number of carbonyl (C=O) groups excluding carboxylic acids is 1. The molecule has 0 saturated carbocycles. The minimum Gasteiger partial charge on any atom is -0.490 e. The maximum Gasteiger partial charge on any atom is 0.311 e.